The molecule has 12 nitrogen and oxygen atoms in total. The van der Waals surface area contributed by atoms with E-state index in [4.69, 9.17) is 4.74 Å². The maximum atomic E-state index is 12.2. The van der Waals surface area contributed by atoms with E-state index in [9.17, 15) is 44.9 Å². The van der Waals surface area contributed by atoms with Crippen molar-refractivity contribution in [3.63, 3.8) is 0 Å². The van der Waals surface area contributed by atoms with Crippen LogP contribution in [0.1, 0.15) is 174 Å². The minimum absolute atomic E-state index is 0.195. The molecule has 0 saturated heterocycles. The van der Waals surface area contributed by atoms with Crippen molar-refractivity contribution in [1.82, 2.24) is 0 Å². The molecule has 0 amide bonds. The van der Waals surface area contributed by atoms with Crippen LogP contribution >= 0.6 is 7.82 Å². The molecule has 0 aromatic rings. The van der Waals surface area contributed by atoms with Crippen LogP contribution in [0.15, 0.2) is 12.2 Å². The van der Waals surface area contributed by atoms with Gasteiger partial charge in [0.25, 0.3) is 0 Å². The van der Waals surface area contributed by atoms with Gasteiger partial charge < -0.3 is 40.3 Å². The number of phosphoric ester groups is 1. The minimum atomic E-state index is -4.99. The van der Waals surface area contributed by atoms with Crippen LogP contribution in [0.3, 0.4) is 0 Å². The van der Waals surface area contributed by atoms with E-state index >= 15 is 0 Å². The summed E-state index contributed by atoms with van der Waals surface area (Å²) in [6.07, 6.45) is 23.6. The van der Waals surface area contributed by atoms with Gasteiger partial charge in [-0.1, -0.05) is 147 Å². The van der Waals surface area contributed by atoms with Crippen LogP contribution in [-0.2, 0) is 23.1 Å². The highest BCUT2D eigenvalue weighted by Gasteiger charge is 2.51. The minimum Gasteiger partial charge on any atom is -0.463 e. The summed E-state index contributed by atoms with van der Waals surface area (Å²) in [5, 5.41) is 58.8. The first-order valence-electron chi connectivity index (χ1n) is 20.5. The predicted octanol–water partition coefficient (Wildman–Crippen LogP) is 6.93. The highest BCUT2D eigenvalue weighted by atomic mass is 31.2. The van der Waals surface area contributed by atoms with Gasteiger partial charge in [0.05, 0.1) is 6.61 Å². The summed E-state index contributed by atoms with van der Waals surface area (Å²) in [7, 11) is -4.99. The summed E-state index contributed by atoms with van der Waals surface area (Å²) >= 11 is 0. The topological polar surface area (TPSA) is 203 Å². The van der Waals surface area contributed by atoms with Crippen molar-refractivity contribution in [2.75, 3.05) is 13.2 Å². The predicted molar refractivity (Wildman–Crippen MR) is 203 cm³/mol. The van der Waals surface area contributed by atoms with Gasteiger partial charge in [-0.2, -0.15) is 0 Å². The Bertz CT molecular complexity index is 921. The van der Waals surface area contributed by atoms with Crippen molar-refractivity contribution in [2.24, 2.45) is 0 Å². The molecule has 5 unspecified atom stereocenters. The summed E-state index contributed by atoms with van der Waals surface area (Å²) in [5.74, 6) is -0.505. The van der Waals surface area contributed by atoms with Gasteiger partial charge in [0, 0.05) is 6.42 Å². The van der Waals surface area contributed by atoms with E-state index in [-0.39, 0.29) is 6.42 Å². The normalized spacial score (nSPS) is 23.9. The molecule has 0 aromatic carbocycles. The number of ether oxygens (including phenoxy) is 1. The number of aliphatic hydroxyl groups excluding tert-OH is 6. The Hall–Kier alpha value is -0.920. The number of unbranched alkanes of at least 4 members (excludes halogenated alkanes) is 23. The number of esters is 1. The van der Waals surface area contributed by atoms with Crippen LogP contribution in [0.4, 0.5) is 0 Å². The number of hydrogen-bond acceptors (Lipinski definition) is 11. The van der Waals surface area contributed by atoms with E-state index in [2.05, 4.69) is 28.1 Å². The van der Waals surface area contributed by atoms with Gasteiger partial charge in [-0.15, -0.1) is 0 Å². The second kappa shape index (κ2) is 31.3. The first kappa shape index (κ1) is 49.1. The van der Waals surface area contributed by atoms with Crippen LogP contribution in [0, 0.1) is 0 Å². The Morgan fingerprint density at radius 1 is 0.577 bits per heavy atom. The quantitative estimate of drug-likeness (QED) is 0.0154. The molecule has 0 spiro atoms. The zero-order valence-corrected chi connectivity index (χ0v) is 33.0. The Labute approximate surface area is 314 Å². The standard InChI is InChI=1S/C39H75O12P/c1-2-3-4-5-6-7-8-9-10-11-12-13-14-15-16-17-18-19-20-21-22-23-24-25-26-27-28-29-33(41)49-30-32(40)31-50-52(47,48)51-39-37(45)35(43)34(42)36(44)38(39)46/h9-10,32,34-40,42-46H,2-8,11-31H2,1H3,(H,47,48)/b10-9-/t32-,34?,35?,36?,37?,38?,39?/m0/s1. The van der Waals surface area contributed by atoms with Crippen molar-refractivity contribution in [2.45, 2.75) is 217 Å². The lowest BCUT2D eigenvalue weighted by Crippen LogP contribution is -2.64. The highest BCUT2D eigenvalue weighted by Crippen LogP contribution is 2.47. The lowest BCUT2D eigenvalue weighted by molar-refractivity contribution is -0.220. The molecule has 0 heterocycles. The van der Waals surface area contributed by atoms with E-state index in [1.54, 1.807) is 0 Å². The molecule has 0 radical (unpaired) electrons. The number of rotatable bonds is 34. The van der Waals surface area contributed by atoms with Gasteiger partial charge in [-0.25, -0.2) is 4.57 Å². The molecule has 1 fully saturated rings. The second-order valence-electron chi connectivity index (χ2n) is 14.7. The van der Waals surface area contributed by atoms with Gasteiger partial charge in [0.15, 0.2) is 0 Å². The fourth-order valence-electron chi connectivity index (χ4n) is 6.46. The summed E-state index contributed by atoms with van der Waals surface area (Å²) < 4.78 is 26.5. The lowest BCUT2D eigenvalue weighted by atomic mass is 9.85. The number of allylic oxidation sites excluding steroid dienone is 2. The molecule has 308 valence electrons. The largest absolute Gasteiger partial charge is 0.472 e. The van der Waals surface area contributed by atoms with Crippen molar-refractivity contribution >= 4 is 13.8 Å². The van der Waals surface area contributed by atoms with E-state index in [1.807, 2.05) is 0 Å². The molecule has 1 rings (SSSR count). The summed E-state index contributed by atoms with van der Waals surface area (Å²) in [5.41, 5.74) is 0. The number of carbonyl (C=O) groups excluding carboxylic acids is 1. The molecule has 0 bridgehead atoms. The monoisotopic (exact) mass is 766 g/mol. The molecule has 0 aromatic heterocycles. The van der Waals surface area contributed by atoms with Gasteiger partial charge in [-0.3, -0.25) is 13.8 Å². The molecule has 1 aliphatic rings. The van der Waals surface area contributed by atoms with Crippen LogP contribution in [0.25, 0.3) is 0 Å². The summed E-state index contributed by atoms with van der Waals surface area (Å²) in [6.45, 7) is 1.02. The average molecular weight is 767 g/mol. The number of aliphatic hydroxyl groups is 6. The molecule has 13 heteroatoms. The van der Waals surface area contributed by atoms with Crippen LogP contribution in [-0.4, -0.2) is 97.4 Å². The molecule has 0 aliphatic heterocycles. The Morgan fingerprint density at radius 2 is 0.942 bits per heavy atom. The number of carbonyl (C=O) groups is 1. The van der Waals surface area contributed by atoms with E-state index in [0.717, 1.165) is 19.3 Å². The SMILES string of the molecule is CCCCCCCC/C=C\CCCCCCCCCCCCCCCCCCCC(=O)OC[C@H](O)COP(=O)(O)OC1C(O)C(O)C(O)C(O)C1O. The molecular weight excluding hydrogens is 691 g/mol. The third-order valence-electron chi connectivity index (χ3n) is 9.84. The maximum Gasteiger partial charge on any atom is 0.472 e. The molecule has 7 N–H and O–H groups in total. The number of phosphoric acid groups is 1. The third kappa shape index (κ3) is 24.5. The average Bonchev–Trinajstić information content (AvgIpc) is 3.13. The summed E-state index contributed by atoms with van der Waals surface area (Å²) in [4.78, 5) is 21.9. The number of hydrogen-bond donors (Lipinski definition) is 7. The van der Waals surface area contributed by atoms with Gasteiger partial charge >= 0.3 is 13.8 Å². The third-order valence-corrected chi connectivity index (χ3v) is 10.8. The smallest absolute Gasteiger partial charge is 0.463 e. The van der Waals surface area contributed by atoms with E-state index < -0.39 is 69.7 Å². The first-order valence-corrected chi connectivity index (χ1v) is 22.0. The van der Waals surface area contributed by atoms with Gasteiger partial charge in [0.1, 0.15) is 49.3 Å². The van der Waals surface area contributed by atoms with Crippen molar-refractivity contribution in [1.29, 1.82) is 0 Å². The van der Waals surface area contributed by atoms with Crippen molar-refractivity contribution in [3.8, 4) is 0 Å². The summed E-state index contributed by atoms with van der Waals surface area (Å²) in [6, 6.07) is 0. The highest BCUT2D eigenvalue weighted by molar-refractivity contribution is 7.47. The Balaban J connectivity index is 1.87. The molecule has 1 aliphatic carbocycles. The first-order chi connectivity index (χ1) is 25.0. The van der Waals surface area contributed by atoms with E-state index in [0.29, 0.717) is 6.42 Å². The van der Waals surface area contributed by atoms with Gasteiger partial charge in [-0.05, 0) is 32.1 Å². The zero-order valence-electron chi connectivity index (χ0n) is 32.1. The lowest BCUT2D eigenvalue weighted by Gasteiger charge is -2.41. The van der Waals surface area contributed by atoms with Gasteiger partial charge in [0.2, 0.25) is 0 Å². The van der Waals surface area contributed by atoms with E-state index in [1.165, 1.54) is 135 Å². The molecule has 52 heavy (non-hydrogen) atoms. The van der Waals surface area contributed by atoms with Crippen LogP contribution in [0.2, 0.25) is 0 Å². The van der Waals surface area contributed by atoms with Crippen molar-refractivity contribution < 1.29 is 58.7 Å². The molecule has 6 atom stereocenters. The fraction of sp³-hybridized carbons (Fsp3) is 0.923. The molecule has 1 saturated carbocycles. The second-order valence-corrected chi connectivity index (χ2v) is 16.1. The maximum absolute atomic E-state index is 12.2. The Kier molecular flexibility index (Phi) is 29.6. The van der Waals surface area contributed by atoms with Crippen LogP contribution < -0.4 is 0 Å². The Morgan fingerprint density at radius 3 is 1.37 bits per heavy atom. The zero-order chi connectivity index (χ0) is 38.5. The molecular formula is C39H75O12P. The van der Waals surface area contributed by atoms with Crippen LogP contribution in [0.5, 0.6) is 0 Å². The van der Waals surface area contributed by atoms with Crippen molar-refractivity contribution in [3.05, 3.63) is 12.2 Å². The fourth-order valence-corrected chi connectivity index (χ4v) is 7.44.